The number of carbonyl (C=O) groups is 1. The van der Waals surface area contributed by atoms with Crippen LogP contribution in [0.4, 0.5) is 0 Å². The van der Waals surface area contributed by atoms with E-state index in [0.717, 1.165) is 18.8 Å². The van der Waals surface area contributed by atoms with Crippen molar-refractivity contribution in [3.05, 3.63) is 0 Å². The minimum Gasteiger partial charge on any atom is -0.377 e. The van der Waals surface area contributed by atoms with Crippen LogP contribution in [0.3, 0.4) is 0 Å². The van der Waals surface area contributed by atoms with E-state index in [4.69, 9.17) is 10.5 Å². The normalized spacial score (nSPS) is 21.2. The average molecular weight is 260 g/mol. The molecule has 17 heavy (non-hydrogen) atoms. The molecule has 0 spiro atoms. The molecule has 1 atom stereocenters. The van der Waals surface area contributed by atoms with Crippen LogP contribution in [0.15, 0.2) is 0 Å². The van der Waals surface area contributed by atoms with E-state index in [1.54, 1.807) is 11.8 Å². The van der Waals surface area contributed by atoms with Gasteiger partial charge in [0.25, 0.3) is 0 Å². The molecule has 1 fully saturated rings. The van der Waals surface area contributed by atoms with Gasteiger partial charge < -0.3 is 15.8 Å². The van der Waals surface area contributed by atoms with Gasteiger partial charge in [-0.3, -0.25) is 4.79 Å². The summed E-state index contributed by atoms with van der Waals surface area (Å²) in [4.78, 5) is 11.5. The molecule has 0 bridgehead atoms. The molecule has 1 amide bonds. The van der Waals surface area contributed by atoms with Gasteiger partial charge in [-0.25, -0.2) is 0 Å². The third-order valence-corrected chi connectivity index (χ3v) is 3.63. The first kappa shape index (κ1) is 14.8. The third-order valence-electron chi connectivity index (χ3n) is 2.55. The zero-order valence-corrected chi connectivity index (χ0v) is 11.6. The highest BCUT2D eigenvalue weighted by atomic mass is 32.2. The highest BCUT2D eigenvalue weighted by Gasteiger charge is 2.15. The number of rotatable bonds is 6. The predicted octanol–water partition coefficient (Wildman–Crippen LogP) is 1.14. The standard InChI is InChI=1S/C12H24N2O2S/c1-12(2,13)9-14-11(15)8-17-7-10-5-3-4-6-16-10/h10H,3-9,13H2,1-2H3,(H,14,15). The highest BCUT2D eigenvalue weighted by Crippen LogP contribution is 2.16. The second kappa shape index (κ2) is 7.24. The van der Waals surface area contributed by atoms with Crippen LogP contribution in [0.25, 0.3) is 0 Å². The first-order valence-electron chi connectivity index (χ1n) is 6.22. The summed E-state index contributed by atoms with van der Waals surface area (Å²) in [6, 6.07) is 0. The minimum atomic E-state index is -0.340. The van der Waals surface area contributed by atoms with E-state index in [1.807, 2.05) is 13.8 Å². The fourth-order valence-electron chi connectivity index (χ4n) is 1.60. The number of carbonyl (C=O) groups excluding carboxylic acids is 1. The molecule has 1 aliphatic rings. The van der Waals surface area contributed by atoms with Crippen LogP contribution in [-0.2, 0) is 9.53 Å². The van der Waals surface area contributed by atoms with Crippen molar-refractivity contribution in [3.8, 4) is 0 Å². The van der Waals surface area contributed by atoms with Gasteiger partial charge in [0.1, 0.15) is 0 Å². The Kier molecular flexibility index (Phi) is 6.30. The number of nitrogens with one attached hydrogen (secondary N) is 1. The van der Waals surface area contributed by atoms with E-state index >= 15 is 0 Å². The van der Waals surface area contributed by atoms with E-state index in [0.29, 0.717) is 18.4 Å². The molecule has 0 aromatic rings. The smallest absolute Gasteiger partial charge is 0.230 e. The van der Waals surface area contributed by atoms with Crippen molar-refractivity contribution < 1.29 is 9.53 Å². The lowest BCUT2D eigenvalue weighted by Crippen LogP contribution is -2.45. The van der Waals surface area contributed by atoms with Crippen molar-refractivity contribution in [2.75, 3.05) is 24.7 Å². The Balaban J connectivity index is 2.03. The molecule has 4 nitrogen and oxygen atoms in total. The Bertz CT molecular complexity index is 235. The van der Waals surface area contributed by atoms with Crippen molar-refractivity contribution >= 4 is 17.7 Å². The van der Waals surface area contributed by atoms with Crippen molar-refractivity contribution in [1.29, 1.82) is 0 Å². The molecule has 0 aliphatic carbocycles. The van der Waals surface area contributed by atoms with E-state index < -0.39 is 0 Å². The molecule has 0 radical (unpaired) electrons. The van der Waals surface area contributed by atoms with Gasteiger partial charge in [-0.15, -0.1) is 11.8 Å². The Morgan fingerprint density at radius 3 is 2.88 bits per heavy atom. The van der Waals surface area contributed by atoms with Crippen LogP contribution in [0.2, 0.25) is 0 Å². The third kappa shape index (κ3) is 7.63. The maximum atomic E-state index is 11.5. The summed E-state index contributed by atoms with van der Waals surface area (Å²) >= 11 is 1.64. The molecule has 100 valence electrons. The van der Waals surface area contributed by atoms with Gasteiger partial charge in [0.2, 0.25) is 5.91 Å². The number of ether oxygens (including phenoxy) is 1. The van der Waals surface area contributed by atoms with Crippen LogP contribution in [0, 0.1) is 0 Å². The largest absolute Gasteiger partial charge is 0.377 e. The lowest BCUT2D eigenvalue weighted by atomic mass is 10.1. The molecule has 1 saturated heterocycles. The van der Waals surface area contributed by atoms with Gasteiger partial charge in [-0.05, 0) is 33.1 Å². The molecule has 0 aromatic carbocycles. The van der Waals surface area contributed by atoms with Gasteiger partial charge in [-0.1, -0.05) is 0 Å². The van der Waals surface area contributed by atoms with E-state index in [-0.39, 0.29) is 11.4 Å². The molecule has 0 aromatic heterocycles. The Morgan fingerprint density at radius 2 is 2.29 bits per heavy atom. The quantitative estimate of drug-likeness (QED) is 0.752. The Hall–Kier alpha value is -0.260. The highest BCUT2D eigenvalue weighted by molar-refractivity contribution is 7.99. The molecule has 0 saturated carbocycles. The summed E-state index contributed by atoms with van der Waals surface area (Å²) in [5.74, 6) is 1.47. The Morgan fingerprint density at radius 1 is 1.53 bits per heavy atom. The number of thioether (sulfide) groups is 1. The number of amides is 1. The maximum absolute atomic E-state index is 11.5. The van der Waals surface area contributed by atoms with Gasteiger partial charge in [0.15, 0.2) is 0 Å². The van der Waals surface area contributed by atoms with Crippen LogP contribution >= 0.6 is 11.8 Å². The number of nitrogens with two attached hydrogens (primary N) is 1. The summed E-state index contributed by atoms with van der Waals surface area (Å²) in [5, 5.41) is 2.83. The SMILES string of the molecule is CC(C)(N)CNC(=O)CSCC1CCCCO1. The van der Waals surface area contributed by atoms with Gasteiger partial charge in [0, 0.05) is 24.4 Å². The van der Waals surface area contributed by atoms with Crippen molar-refractivity contribution in [2.24, 2.45) is 5.73 Å². The van der Waals surface area contributed by atoms with E-state index in [1.165, 1.54) is 12.8 Å². The first-order valence-corrected chi connectivity index (χ1v) is 7.38. The Labute approximate surface area is 108 Å². The maximum Gasteiger partial charge on any atom is 0.230 e. The summed E-state index contributed by atoms with van der Waals surface area (Å²) in [5.41, 5.74) is 5.45. The predicted molar refractivity (Wildman–Crippen MR) is 72.2 cm³/mol. The van der Waals surface area contributed by atoms with E-state index in [2.05, 4.69) is 5.32 Å². The van der Waals surface area contributed by atoms with Crippen molar-refractivity contribution in [2.45, 2.75) is 44.8 Å². The average Bonchev–Trinajstić information content (AvgIpc) is 2.27. The fourth-order valence-corrected chi connectivity index (χ4v) is 2.53. The van der Waals surface area contributed by atoms with Gasteiger partial charge in [-0.2, -0.15) is 0 Å². The number of hydrogen-bond acceptors (Lipinski definition) is 4. The zero-order chi connectivity index (χ0) is 12.7. The van der Waals surface area contributed by atoms with Crippen LogP contribution in [-0.4, -0.2) is 42.2 Å². The topological polar surface area (TPSA) is 64.3 Å². The lowest BCUT2D eigenvalue weighted by molar-refractivity contribution is -0.118. The van der Waals surface area contributed by atoms with Gasteiger partial charge >= 0.3 is 0 Å². The van der Waals surface area contributed by atoms with Crippen molar-refractivity contribution in [1.82, 2.24) is 5.32 Å². The number of hydrogen-bond donors (Lipinski definition) is 2. The monoisotopic (exact) mass is 260 g/mol. The molecular weight excluding hydrogens is 236 g/mol. The van der Waals surface area contributed by atoms with Crippen LogP contribution in [0.5, 0.6) is 0 Å². The molecule has 5 heteroatoms. The van der Waals surface area contributed by atoms with Crippen molar-refractivity contribution in [3.63, 3.8) is 0 Å². The molecule has 1 rings (SSSR count). The lowest BCUT2D eigenvalue weighted by Gasteiger charge is -2.22. The second-order valence-electron chi connectivity index (χ2n) is 5.27. The summed E-state index contributed by atoms with van der Waals surface area (Å²) < 4.78 is 5.60. The molecular formula is C12H24N2O2S. The zero-order valence-electron chi connectivity index (χ0n) is 10.8. The summed E-state index contributed by atoms with van der Waals surface area (Å²) in [6.45, 7) is 5.19. The van der Waals surface area contributed by atoms with Gasteiger partial charge in [0.05, 0.1) is 11.9 Å². The first-order chi connectivity index (χ1) is 7.97. The van der Waals surface area contributed by atoms with Crippen LogP contribution < -0.4 is 11.1 Å². The molecule has 3 N–H and O–H groups in total. The molecule has 1 unspecified atom stereocenters. The van der Waals surface area contributed by atoms with E-state index in [9.17, 15) is 4.79 Å². The minimum absolute atomic E-state index is 0.0596. The summed E-state index contributed by atoms with van der Waals surface area (Å²) in [6.07, 6.45) is 3.89. The summed E-state index contributed by atoms with van der Waals surface area (Å²) in [7, 11) is 0. The molecule has 1 heterocycles. The molecule has 1 aliphatic heterocycles. The fraction of sp³-hybridized carbons (Fsp3) is 0.917. The second-order valence-corrected chi connectivity index (χ2v) is 6.30. The van der Waals surface area contributed by atoms with Crippen LogP contribution in [0.1, 0.15) is 33.1 Å².